The van der Waals surface area contributed by atoms with Gasteiger partial charge in [0.1, 0.15) is 5.75 Å². The number of piperidine rings is 1. The largest absolute Gasteiger partial charge is 0.496 e. The first-order valence-electron chi connectivity index (χ1n) is 10.2. The second-order valence-electron chi connectivity index (χ2n) is 8.03. The molecule has 0 aromatic heterocycles. The molecular weight excluding hydrogens is 334 g/mol. The van der Waals surface area contributed by atoms with Gasteiger partial charge in [-0.25, -0.2) is 0 Å². The van der Waals surface area contributed by atoms with Gasteiger partial charge in [0.05, 0.1) is 7.11 Å². The molecule has 0 unspecified atom stereocenters. The van der Waals surface area contributed by atoms with Gasteiger partial charge in [-0.15, -0.1) is 0 Å². The molecule has 1 heterocycles. The number of hydrogen-bond donors (Lipinski definition) is 0. The lowest BCUT2D eigenvalue weighted by atomic mass is 9.65. The van der Waals surface area contributed by atoms with E-state index in [1.807, 2.05) is 18.2 Å². The van der Waals surface area contributed by atoms with Crippen molar-refractivity contribution in [1.29, 1.82) is 0 Å². The number of methoxy groups -OCH3 is 1. The molecule has 1 aliphatic carbocycles. The molecule has 1 spiro atoms. The maximum atomic E-state index is 13.3. The molecule has 1 fully saturated rings. The molecule has 2 aliphatic rings. The molecule has 4 rings (SSSR count). The van der Waals surface area contributed by atoms with E-state index in [1.54, 1.807) is 7.11 Å². The molecule has 1 aliphatic heterocycles. The smallest absolute Gasteiger partial charge is 0.169 e. The number of ether oxygens (including phenoxy) is 1. The third-order valence-electron chi connectivity index (χ3n) is 6.53. The van der Waals surface area contributed by atoms with E-state index in [4.69, 9.17) is 4.74 Å². The van der Waals surface area contributed by atoms with Crippen molar-refractivity contribution < 1.29 is 9.53 Å². The van der Waals surface area contributed by atoms with E-state index in [-0.39, 0.29) is 5.41 Å². The molecule has 0 bridgehead atoms. The molecule has 0 amide bonds. The first-order valence-corrected chi connectivity index (χ1v) is 10.2. The summed E-state index contributed by atoms with van der Waals surface area (Å²) < 4.78 is 5.47. The van der Waals surface area contributed by atoms with Crippen molar-refractivity contribution in [3.63, 3.8) is 0 Å². The number of carbonyl (C=O) groups excluding carboxylic acids is 1. The van der Waals surface area contributed by atoms with Crippen LogP contribution in [0, 0.1) is 5.41 Å². The average Bonchev–Trinajstić information content (AvgIpc) is 2.73. The Labute approximate surface area is 162 Å². The van der Waals surface area contributed by atoms with Crippen LogP contribution >= 0.6 is 0 Å². The molecule has 2 aromatic rings. The van der Waals surface area contributed by atoms with Gasteiger partial charge in [-0.05, 0) is 69.8 Å². The van der Waals surface area contributed by atoms with E-state index >= 15 is 0 Å². The van der Waals surface area contributed by atoms with Gasteiger partial charge in [0.2, 0.25) is 0 Å². The zero-order valence-corrected chi connectivity index (χ0v) is 16.2. The zero-order chi connectivity index (χ0) is 18.7. The van der Waals surface area contributed by atoms with Crippen LogP contribution in [0.3, 0.4) is 0 Å². The third kappa shape index (κ3) is 3.66. The summed E-state index contributed by atoms with van der Waals surface area (Å²) in [5.41, 5.74) is 3.29. The molecule has 0 N–H and O–H groups in total. The van der Waals surface area contributed by atoms with Gasteiger partial charge in [0.15, 0.2) is 5.78 Å². The van der Waals surface area contributed by atoms with Gasteiger partial charge in [0, 0.05) is 16.5 Å². The van der Waals surface area contributed by atoms with Crippen LogP contribution < -0.4 is 4.74 Å². The minimum Gasteiger partial charge on any atom is -0.496 e. The summed E-state index contributed by atoms with van der Waals surface area (Å²) in [4.78, 5) is 15.8. The van der Waals surface area contributed by atoms with E-state index in [0.29, 0.717) is 5.78 Å². The fourth-order valence-corrected chi connectivity index (χ4v) is 4.82. The lowest BCUT2D eigenvalue weighted by molar-refractivity contribution is 0.0539. The number of aryl methyl sites for hydroxylation is 1. The molecule has 142 valence electrons. The number of benzene rings is 2. The summed E-state index contributed by atoms with van der Waals surface area (Å²) in [6, 6.07) is 16.6. The number of hydrogen-bond acceptors (Lipinski definition) is 3. The van der Waals surface area contributed by atoms with Crippen LogP contribution in [0.4, 0.5) is 0 Å². The lowest BCUT2D eigenvalue weighted by Crippen LogP contribution is -2.46. The highest BCUT2D eigenvalue weighted by Gasteiger charge is 2.44. The summed E-state index contributed by atoms with van der Waals surface area (Å²) in [6.07, 6.45) is 6.23. The summed E-state index contributed by atoms with van der Waals surface area (Å²) in [5, 5.41) is 0. The first-order chi connectivity index (χ1) is 13.2. The molecule has 3 nitrogen and oxygen atoms in total. The van der Waals surface area contributed by atoms with Crippen LogP contribution in [0.1, 0.15) is 47.2 Å². The van der Waals surface area contributed by atoms with E-state index < -0.39 is 0 Å². The number of ketones is 1. The zero-order valence-electron chi connectivity index (χ0n) is 16.2. The summed E-state index contributed by atoms with van der Waals surface area (Å²) in [5.74, 6) is 1.22. The minimum atomic E-state index is -0.144. The van der Waals surface area contributed by atoms with E-state index in [0.717, 1.165) is 68.6 Å². The Kier molecular flexibility index (Phi) is 5.31. The maximum absolute atomic E-state index is 13.3. The number of fused-ring (bicyclic) bond motifs is 1. The van der Waals surface area contributed by atoms with Crippen molar-refractivity contribution in [1.82, 2.24) is 4.90 Å². The molecule has 1 saturated heterocycles. The van der Waals surface area contributed by atoms with Crippen LogP contribution in [-0.2, 0) is 12.8 Å². The predicted octanol–water partition coefficient (Wildman–Crippen LogP) is 4.54. The Morgan fingerprint density at radius 3 is 2.52 bits per heavy atom. The fraction of sp³-hybridized carbons (Fsp3) is 0.458. The maximum Gasteiger partial charge on any atom is 0.169 e. The highest BCUT2D eigenvalue weighted by atomic mass is 16.5. The average molecular weight is 364 g/mol. The predicted molar refractivity (Wildman–Crippen MR) is 109 cm³/mol. The van der Waals surface area contributed by atoms with Crippen LogP contribution in [-0.4, -0.2) is 37.4 Å². The van der Waals surface area contributed by atoms with E-state index in [9.17, 15) is 4.79 Å². The van der Waals surface area contributed by atoms with E-state index in [1.165, 1.54) is 12.0 Å². The molecule has 0 radical (unpaired) electrons. The second kappa shape index (κ2) is 7.85. The van der Waals surface area contributed by atoms with Gasteiger partial charge in [-0.3, -0.25) is 4.79 Å². The highest BCUT2D eigenvalue weighted by molar-refractivity contribution is 6.03. The quantitative estimate of drug-likeness (QED) is 0.781. The van der Waals surface area contributed by atoms with E-state index in [2.05, 4.69) is 35.2 Å². The highest BCUT2D eigenvalue weighted by Crippen LogP contribution is 2.45. The topological polar surface area (TPSA) is 29.5 Å². The lowest BCUT2D eigenvalue weighted by Gasteiger charge is -2.43. The SMILES string of the molecule is COc1cccc2c1CCC1(CCN(CCCc3ccccc3)CC1)C2=O. The van der Waals surface area contributed by atoms with Crippen LogP contribution in [0.2, 0.25) is 0 Å². The Hall–Kier alpha value is -2.13. The molecule has 27 heavy (non-hydrogen) atoms. The van der Waals surface area contributed by atoms with Crippen molar-refractivity contribution >= 4 is 5.78 Å². The number of carbonyl (C=O) groups is 1. The Morgan fingerprint density at radius 1 is 1.00 bits per heavy atom. The molecule has 0 saturated carbocycles. The van der Waals surface area contributed by atoms with Crippen molar-refractivity contribution in [3.8, 4) is 5.75 Å². The van der Waals surface area contributed by atoms with Crippen molar-refractivity contribution in [2.24, 2.45) is 5.41 Å². The number of rotatable bonds is 5. The number of likely N-dealkylation sites (tertiary alicyclic amines) is 1. The second-order valence-corrected chi connectivity index (χ2v) is 8.03. The van der Waals surface area contributed by atoms with Gasteiger partial charge < -0.3 is 9.64 Å². The number of nitrogens with zero attached hydrogens (tertiary/aromatic N) is 1. The Balaban J connectivity index is 1.35. The third-order valence-corrected chi connectivity index (χ3v) is 6.53. The monoisotopic (exact) mass is 363 g/mol. The summed E-state index contributed by atoms with van der Waals surface area (Å²) in [7, 11) is 1.69. The molecule has 3 heteroatoms. The summed E-state index contributed by atoms with van der Waals surface area (Å²) >= 11 is 0. The molecular formula is C24H29NO2. The van der Waals surface area contributed by atoms with Gasteiger partial charge in [-0.1, -0.05) is 42.5 Å². The van der Waals surface area contributed by atoms with Gasteiger partial charge >= 0.3 is 0 Å². The van der Waals surface area contributed by atoms with Crippen LogP contribution in [0.15, 0.2) is 48.5 Å². The minimum absolute atomic E-state index is 0.144. The van der Waals surface area contributed by atoms with Crippen molar-refractivity contribution in [2.75, 3.05) is 26.7 Å². The standard InChI is InChI=1S/C24H29NO2/c1-27-22-11-5-10-21-20(22)12-13-24(23(21)26)14-17-25(18-15-24)16-6-9-19-7-3-2-4-8-19/h2-5,7-8,10-11H,6,9,12-18H2,1H3. The number of Topliss-reactive ketones (excluding diaryl/α,β-unsaturated/α-hetero) is 1. The molecule has 0 atom stereocenters. The summed E-state index contributed by atoms with van der Waals surface area (Å²) in [6.45, 7) is 3.21. The van der Waals surface area contributed by atoms with Gasteiger partial charge in [-0.2, -0.15) is 0 Å². The van der Waals surface area contributed by atoms with Crippen molar-refractivity contribution in [3.05, 3.63) is 65.2 Å². The van der Waals surface area contributed by atoms with Crippen LogP contribution in [0.5, 0.6) is 5.75 Å². The van der Waals surface area contributed by atoms with Crippen LogP contribution in [0.25, 0.3) is 0 Å². The Bertz CT molecular complexity index is 791. The fourth-order valence-electron chi connectivity index (χ4n) is 4.82. The first kappa shape index (κ1) is 18.2. The van der Waals surface area contributed by atoms with Gasteiger partial charge in [0.25, 0.3) is 0 Å². The Morgan fingerprint density at radius 2 is 1.78 bits per heavy atom. The van der Waals surface area contributed by atoms with Crippen molar-refractivity contribution in [2.45, 2.75) is 38.5 Å². The normalized spacial score (nSPS) is 19.1. The molecule has 2 aromatic carbocycles.